The Bertz CT molecular complexity index is 758. The number of hydrogen-bond acceptors (Lipinski definition) is 5. The van der Waals surface area contributed by atoms with Crippen LogP contribution in [0.5, 0.6) is 0 Å². The summed E-state index contributed by atoms with van der Waals surface area (Å²) < 4.78 is 0. The highest BCUT2D eigenvalue weighted by Gasteiger charge is 2.25. The molecule has 2 unspecified atom stereocenters. The zero-order chi connectivity index (χ0) is 17.5. The number of carbonyl (C=O) groups excluding carboxylic acids is 2. The zero-order valence-electron chi connectivity index (χ0n) is 12.8. The normalized spacial score (nSPS) is 12.5. The number of hydrogen-bond donors (Lipinski definition) is 4. The molecular formula is C17H16N2O4S. The Morgan fingerprint density at radius 1 is 1.17 bits per heavy atom. The number of rotatable bonds is 4. The zero-order valence-corrected chi connectivity index (χ0v) is 13.6. The SMILES string of the molecule is CC(O)C(NC(=O)c1ccc(C#Cc2cccs2)cc1)C(=O)NO. The molecule has 0 bridgehead atoms. The number of thiophene rings is 1. The van der Waals surface area contributed by atoms with Gasteiger partial charge in [-0.1, -0.05) is 17.9 Å². The van der Waals surface area contributed by atoms with Gasteiger partial charge in [0.1, 0.15) is 6.04 Å². The van der Waals surface area contributed by atoms with E-state index in [1.165, 1.54) is 12.4 Å². The molecule has 0 radical (unpaired) electrons. The second-order valence-corrected chi connectivity index (χ2v) is 5.92. The smallest absolute Gasteiger partial charge is 0.268 e. The number of amides is 2. The van der Waals surface area contributed by atoms with Crippen molar-refractivity contribution < 1.29 is 19.9 Å². The maximum absolute atomic E-state index is 12.1. The third-order valence-corrected chi connectivity index (χ3v) is 3.95. The van der Waals surface area contributed by atoms with E-state index in [-0.39, 0.29) is 0 Å². The van der Waals surface area contributed by atoms with E-state index < -0.39 is 24.0 Å². The molecule has 7 heteroatoms. The summed E-state index contributed by atoms with van der Waals surface area (Å²) in [6.45, 7) is 1.34. The molecule has 2 rings (SSSR count). The minimum absolute atomic E-state index is 0.313. The van der Waals surface area contributed by atoms with Gasteiger partial charge in [-0.15, -0.1) is 11.3 Å². The monoisotopic (exact) mass is 344 g/mol. The van der Waals surface area contributed by atoms with Crippen LogP contribution >= 0.6 is 11.3 Å². The van der Waals surface area contributed by atoms with Crippen molar-refractivity contribution >= 4 is 23.2 Å². The Morgan fingerprint density at radius 3 is 2.42 bits per heavy atom. The van der Waals surface area contributed by atoms with Crippen LogP contribution in [-0.2, 0) is 4.79 Å². The number of benzene rings is 1. The molecule has 124 valence electrons. The summed E-state index contributed by atoms with van der Waals surface area (Å²) in [5.74, 6) is 4.57. The number of aliphatic hydroxyl groups is 1. The van der Waals surface area contributed by atoms with Gasteiger partial charge in [-0.2, -0.15) is 0 Å². The lowest BCUT2D eigenvalue weighted by Crippen LogP contribution is -2.51. The summed E-state index contributed by atoms with van der Waals surface area (Å²) in [7, 11) is 0. The van der Waals surface area contributed by atoms with Crippen LogP contribution in [0.15, 0.2) is 41.8 Å². The fraction of sp³-hybridized carbons (Fsp3) is 0.176. The highest BCUT2D eigenvalue weighted by atomic mass is 32.1. The summed E-state index contributed by atoms with van der Waals surface area (Å²) in [6, 6.07) is 9.12. The molecule has 0 aliphatic heterocycles. The van der Waals surface area contributed by atoms with Crippen LogP contribution in [0.4, 0.5) is 0 Å². The van der Waals surface area contributed by atoms with Gasteiger partial charge < -0.3 is 10.4 Å². The number of hydroxylamine groups is 1. The van der Waals surface area contributed by atoms with E-state index in [4.69, 9.17) is 5.21 Å². The van der Waals surface area contributed by atoms with E-state index in [1.807, 2.05) is 17.5 Å². The lowest BCUT2D eigenvalue weighted by Gasteiger charge is -2.19. The third-order valence-electron chi connectivity index (χ3n) is 3.16. The Balaban J connectivity index is 2.06. The van der Waals surface area contributed by atoms with Gasteiger partial charge in [-0.05, 0) is 42.6 Å². The molecule has 0 aliphatic rings. The first-order chi connectivity index (χ1) is 11.5. The van der Waals surface area contributed by atoms with Crippen molar-refractivity contribution in [2.24, 2.45) is 0 Å². The molecule has 0 fully saturated rings. The maximum atomic E-state index is 12.1. The van der Waals surface area contributed by atoms with Crippen LogP contribution in [0.25, 0.3) is 0 Å². The molecule has 2 amide bonds. The van der Waals surface area contributed by atoms with Crippen LogP contribution < -0.4 is 10.8 Å². The molecule has 0 saturated carbocycles. The second kappa shape index (κ2) is 8.26. The summed E-state index contributed by atoms with van der Waals surface area (Å²) in [4.78, 5) is 24.5. The van der Waals surface area contributed by atoms with Crippen LogP contribution in [-0.4, -0.2) is 34.3 Å². The predicted octanol–water partition coefficient (Wildman–Crippen LogP) is 1.13. The third kappa shape index (κ3) is 4.67. The van der Waals surface area contributed by atoms with Crippen molar-refractivity contribution in [3.63, 3.8) is 0 Å². The van der Waals surface area contributed by atoms with Crippen molar-refractivity contribution in [2.45, 2.75) is 19.1 Å². The molecule has 2 atom stereocenters. The number of carbonyl (C=O) groups is 2. The number of nitrogens with one attached hydrogen (secondary N) is 2. The fourth-order valence-corrected chi connectivity index (χ4v) is 2.46. The Labute approximate surface area is 143 Å². The average molecular weight is 344 g/mol. The summed E-state index contributed by atoms with van der Waals surface area (Å²) in [5, 5.41) is 22.5. The molecule has 0 saturated heterocycles. The molecule has 0 spiro atoms. The molecule has 0 aliphatic carbocycles. The van der Waals surface area contributed by atoms with Crippen molar-refractivity contribution in [1.82, 2.24) is 10.8 Å². The minimum Gasteiger partial charge on any atom is -0.391 e. The average Bonchev–Trinajstić information content (AvgIpc) is 3.10. The standard InChI is InChI=1S/C17H16N2O4S/c1-11(20)15(17(22)19-23)18-16(21)13-7-4-12(5-8-13)6-9-14-3-2-10-24-14/h2-5,7-8,10-11,15,20,23H,1H3,(H,18,21)(H,19,22). The quantitative estimate of drug-likeness (QED) is 0.380. The van der Waals surface area contributed by atoms with Crippen LogP contribution in [0.3, 0.4) is 0 Å². The Hall–Kier alpha value is -2.66. The second-order valence-electron chi connectivity index (χ2n) is 4.97. The van der Waals surface area contributed by atoms with E-state index >= 15 is 0 Å². The van der Waals surface area contributed by atoms with Gasteiger partial charge in [0.25, 0.3) is 11.8 Å². The molecule has 24 heavy (non-hydrogen) atoms. The van der Waals surface area contributed by atoms with Gasteiger partial charge in [-0.3, -0.25) is 14.8 Å². The minimum atomic E-state index is -1.25. The van der Waals surface area contributed by atoms with Gasteiger partial charge in [0.15, 0.2) is 0 Å². The first-order valence-corrected chi connectivity index (χ1v) is 7.97. The van der Waals surface area contributed by atoms with Gasteiger partial charge in [-0.25, -0.2) is 5.48 Å². The first kappa shape index (κ1) is 17.7. The van der Waals surface area contributed by atoms with Crippen LogP contribution in [0.2, 0.25) is 0 Å². The van der Waals surface area contributed by atoms with Crippen LogP contribution in [0.1, 0.15) is 27.7 Å². The highest BCUT2D eigenvalue weighted by Crippen LogP contribution is 2.08. The lowest BCUT2D eigenvalue weighted by molar-refractivity contribution is -0.133. The molecule has 1 heterocycles. The van der Waals surface area contributed by atoms with E-state index in [2.05, 4.69) is 17.2 Å². The van der Waals surface area contributed by atoms with Crippen molar-refractivity contribution in [3.05, 3.63) is 57.8 Å². The summed E-state index contributed by atoms with van der Waals surface area (Å²) >= 11 is 1.54. The fourth-order valence-electron chi connectivity index (χ4n) is 1.89. The van der Waals surface area contributed by atoms with Crippen molar-refractivity contribution in [1.29, 1.82) is 0 Å². The number of aliphatic hydroxyl groups excluding tert-OH is 1. The van der Waals surface area contributed by atoms with E-state index in [9.17, 15) is 14.7 Å². The van der Waals surface area contributed by atoms with Gasteiger partial charge in [0.05, 0.1) is 11.0 Å². The van der Waals surface area contributed by atoms with Gasteiger partial charge >= 0.3 is 0 Å². The maximum Gasteiger partial charge on any atom is 0.268 e. The van der Waals surface area contributed by atoms with Crippen molar-refractivity contribution in [3.8, 4) is 11.8 Å². The van der Waals surface area contributed by atoms with E-state index in [0.29, 0.717) is 5.56 Å². The molecule has 2 aromatic rings. The van der Waals surface area contributed by atoms with E-state index in [0.717, 1.165) is 10.4 Å². The van der Waals surface area contributed by atoms with E-state index in [1.54, 1.807) is 35.6 Å². The molecule has 4 N–H and O–H groups in total. The Kier molecular flexibility index (Phi) is 6.09. The highest BCUT2D eigenvalue weighted by molar-refractivity contribution is 7.10. The molecule has 1 aromatic heterocycles. The predicted molar refractivity (Wildman–Crippen MR) is 89.6 cm³/mol. The summed E-state index contributed by atoms with van der Waals surface area (Å²) in [5.41, 5.74) is 2.47. The Morgan fingerprint density at radius 2 is 1.88 bits per heavy atom. The first-order valence-electron chi connectivity index (χ1n) is 7.09. The lowest BCUT2D eigenvalue weighted by atomic mass is 10.1. The van der Waals surface area contributed by atoms with Gasteiger partial charge in [0, 0.05) is 11.1 Å². The van der Waals surface area contributed by atoms with Crippen LogP contribution in [0, 0.1) is 11.8 Å². The van der Waals surface area contributed by atoms with Gasteiger partial charge in [0.2, 0.25) is 0 Å². The topological polar surface area (TPSA) is 98.7 Å². The largest absolute Gasteiger partial charge is 0.391 e. The van der Waals surface area contributed by atoms with Crippen molar-refractivity contribution in [2.75, 3.05) is 0 Å². The molecular weight excluding hydrogens is 328 g/mol. The summed E-state index contributed by atoms with van der Waals surface area (Å²) in [6.07, 6.45) is -1.16. The molecule has 6 nitrogen and oxygen atoms in total. The molecule has 1 aromatic carbocycles.